The normalized spacial score (nSPS) is 9.45. The maximum atomic E-state index is 9.88. The van der Waals surface area contributed by atoms with E-state index in [0.717, 1.165) is 0 Å². The summed E-state index contributed by atoms with van der Waals surface area (Å²) in [7, 11) is 0. The number of hydrogen-bond donors (Lipinski definition) is 2. The second kappa shape index (κ2) is 5.08. The minimum atomic E-state index is -7.00. The summed E-state index contributed by atoms with van der Waals surface area (Å²) in [5.41, 5.74) is 0. The van der Waals surface area contributed by atoms with Crippen LogP contribution < -0.4 is 0 Å². The van der Waals surface area contributed by atoms with Crippen molar-refractivity contribution in [3.8, 4) is 0 Å². The van der Waals surface area contributed by atoms with Gasteiger partial charge in [0.05, 0.1) is 0 Å². The Hall–Kier alpha value is -0.626. The van der Waals surface area contributed by atoms with Crippen LogP contribution in [0.15, 0.2) is 0 Å². The maximum absolute atomic E-state index is 9.88. The van der Waals surface area contributed by atoms with E-state index in [1.807, 2.05) is 0 Å². The number of carbonyl (C=O) groups is 2. The van der Waals surface area contributed by atoms with E-state index in [-0.39, 0.29) is 0 Å². The van der Waals surface area contributed by atoms with E-state index < -0.39 is 30.7 Å². The van der Waals surface area contributed by atoms with E-state index in [9.17, 15) is 12.4 Å². The fraction of sp³-hybridized carbons (Fsp3) is 0. The fourth-order valence-corrected chi connectivity index (χ4v) is 0. The Morgan fingerprint density at radius 1 is 0.909 bits per heavy atom. The molecule has 0 aliphatic carbocycles. The van der Waals surface area contributed by atoms with E-state index in [1.165, 1.54) is 0 Å². The van der Waals surface area contributed by atoms with Crippen LogP contribution in [0.2, 0.25) is 0 Å². The van der Waals surface area contributed by atoms with Crippen molar-refractivity contribution in [1.82, 2.24) is 0 Å². The molecule has 0 bridgehead atoms. The molecule has 0 unspecified atom stereocenters. The summed E-state index contributed by atoms with van der Waals surface area (Å²) >= 11 is -7.00. The van der Waals surface area contributed by atoms with Crippen LogP contribution >= 0.6 is 0 Å². The minimum absolute atomic E-state index is 1.82. The second-order valence-corrected chi connectivity index (χ2v) is 2.38. The number of aliphatic carboxylic acids is 2. The summed E-state index contributed by atoms with van der Waals surface area (Å²) in [6.07, 6.45) is 0. The third-order valence-corrected chi connectivity index (χ3v) is 0.183. The van der Waals surface area contributed by atoms with Crippen LogP contribution in [0.5, 0.6) is 0 Å². The van der Waals surface area contributed by atoms with Crippen molar-refractivity contribution in [2.75, 3.05) is 0 Å². The van der Waals surface area contributed by atoms with Gasteiger partial charge < -0.3 is 10.2 Å². The average molecular weight is 214 g/mol. The molecule has 0 atom stereocenters. The molecule has 0 radical (unpaired) electrons. The van der Waals surface area contributed by atoms with Gasteiger partial charge in [-0.1, -0.05) is 0 Å². The van der Waals surface area contributed by atoms with Gasteiger partial charge in [0.1, 0.15) is 0 Å². The second-order valence-electron chi connectivity index (χ2n) is 1.04. The molecule has 0 aliphatic heterocycles. The Morgan fingerprint density at radius 3 is 1.00 bits per heavy atom. The van der Waals surface area contributed by atoms with Crippen LogP contribution in [0.1, 0.15) is 0 Å². The standard InChI is InChI=1S/C2H2O4.4FH.Ti/c3-1(4)2(5)6;;;;;/h(H,3,4)(H,5,6);4*1H;/q;;;;;+4/p-4. The molecule has 0 aromatic heterocycles. The van der Waals surface area contributed by atoms with E-state index in [2.05, 4.69) is 0 Å². The monoisotopic (exact) mass is 214 g/mol. The predicted molar refractivity (Wildman–Crippen MR) is 19.7 cm³/mol. The summed E-state index contributed by atoms with van der Waals surface area (Å²) in [6, 6.07) is 0. The molecule has 0 fully saturated rings. The van der Waals surface area contributed by atoms with Gasteiger partial charge in [0.2, 0.25) is 0 Å². The first-order valence-corrected chi connectivity index (χ1v) is 4.22. The molecule has 9 heteroatoms. The third kappa shape index (κ3) is 44.8. The molecule has 11 heavy (non-hydrogen) atoms. The quantitative estimate of drug-likeness (QED) is 0.355. The van der Waals surface area contributed by atoms with Crippen LogP contribution in [0.3, 0.4) is 0 Å². The molecule has 0 spiro atoms. The summed E-state index contributed by atoms with van der Waals surface area (Å²) in [6.45, 7) is 0. The number of rotatable bonds is 0. The van der Waals surface area contributed by atoms with Gasteiger partial charge in [0.25, 0.3) is 0 Å². The van der Waals surface area contributed by atoms with Gasteiger partial charge in [0.15, 0.2) is 0 Å². The molecule has 0 amide bonds. The van der Waals surface area contributed by atoms with Crippen LogP contribution in [-0.4, -0.2) is 22.2 Å². The Labute approximate surface area is 63.5 Å². The molecule has 0 aromatic rings. The Morgan fingerprint density at radius 2 is 1.00 bits per heavy atom. The van der Waals surface area contributed by atoms with Gasteiger partial charge in [-0.3, -0.25) is 0 Å². The Kier molecular flexibility index (Phi) is 6.01. The van der Waals surface area contributed by atoms with Gasteiger partial charge in [-0.05, 0) is 0 Å². The molecule has 66 valence electrons. The van der Waals surface area contributed by atoms with Crippen LogP contribution in [-0.2, 0) is 28.3 Å². The number of hydrogen-bond acceptors (Lipinski definition) is 2. The van der Waals surface area contributed by atoms with Gasteiger partial charge in [-0.15, -0.1) is 0 Å². The zero-order chi connectivity index (χ0) is 9.65. The van der Waals surface area contributed by atoms with Crippen molar-refractivity contribution in [2.24, 2.45) is 0 Å². The Bertz CT molecular complexity index is 135. The van der Waals surface area contributed by atoms with Crippen LogP contribution in [0.25, 0.3) is 0 Å². The molecular weight excluding hydrogens is 212 g/mol. The summed E-state index contributed by atoms with van der Waals surface area (Å²) in [5, 5.41) is 14.8. The van der Waals surface area contributed by atoms with Gasteiger partial charge in [-0.25, -0.2) is 9.59 Å². The van der Waals surface area contributed by atoms with Gasteiger partial charge in [0, 0.05) is 0 Å². The number of carboxylic acid groups (broad SMARTS) is 2. The van der Waals surface area contributed by atoms with Crippen molar-refractivity contribution < 1.29 is 50.9 Å². The summed E-state index contributed by atoms with van der Waals surface area (Å²) in [4.78, 5) is 18.2. The predicted octanol–water partition coefficient (Wildman–Crippen LogP) is 0.834. The molecule has 0 rings (SSSR count). The topological polar surface area (TPSA) is 74.6 Å². The summed E-state index contributed by atoms with van der Waals surface area (Å²) in [5.74, 6) is -3.65. The van der Waals surface area contributed by atoms with Gasteiger partial charge >= 0.3 is 43.0 Å². The van der Waals surface area contributed by atoms with Gasteiger partial charge in [-0.2, -0.15) is 0 Å². The van der Waals surface area contributed by atoms with E-state index in [4.69, 9.17) is 19.8 Å². The van der Waals surface area contributed by atoms with Crippen LogP contribution in [0.4, 0.5) is 12.4 Å². The number of halogens is 4. The first-order chi connectivity index (χ1) is 4.64. The average Bonchev–Trinajstić information content (AvgIpc) is 1.59. The molecule has 0 aromatic carbocycles. The number of carboxylic acids is 2. The Balaban J connectivity index is 0. The van der Waals surface area contributed by atoms with E-state index >= 15 is 0 Å². The molecule has 2 N–H and O–H groups in total. The zero-order valence-electron chi connectivity index (χ0n) is 4.72. The van der Waals surface area contributed by atoms with Crippen molar-refractivity contribution in [3.05, 3.63) is 0 Å². The molecule has 0 aliphatic rings. The van der Waals surface area contributed by atoms with Crippen LogP contribution in [0, 0.1) is 0 Å². The molecule has 0 saturated carbocycles. The molecule has 0 heterocycles. The van der Waals surface area contributed by atoms with Crippen molar-refractivity contribution >= 4 is 11.9 Å². The van der Waals surface area contributed by atoms with E-state index in [0.29, 0.717) is 0 Å². The van der Waals surface area contributed by atoms with Crippen molar-refractivity contribution in [2.45, 2.75) is 0 Å². The summed E-state index contributed by atoms with van der Waals surface area (Å²) < 4.78 is 39.5. The van der Waals surface area contributed by atoms with Crippen molar-refractivity contribution in [3.63, 3.8) is 0 Å². The SMILES string of the molecule is O=C(O)C(=O)O.[F][Ti]([F])([F])[F]. The fourth-order valence-electron chi connectivity index (χ4n) is 0. The first-order valence-electron chi connectivity index (χ1n) is 1.86. The first kappa shape index (κ1) is 13.0. The van der Waals surface area contributed by atoms with E-state index in [1.54, 1.807) is 0 Å². The molecule has 0 saturated heterocycles. The zero-order valence-corrected chi connectivity index (χ0v) is 6.28. The third-order valence-electron chi connectivity index (χ3n) is 0.183. The molecular formula is C2H2F4O4Ti. The van der Waals surface area contributed by atoms with Crippen molar-refractivity contribution in [1.29, 1.82) is 0 Å². The molecule has 4 nitrogen and oxygen atoms in total.